The molecule has 1 amide bonds. The number of ether oxygens (including phenoxy) is 1. The van der Waals surface area contributed by atoms with E-state index in [2.05, 4.69) is 0 Å². The van der Waals surface area contributed by atoms with E-state index in [-0.39, 0.29) is 17.1 Å². The zero-order chi connectivity index (χ0) is 24.9. The molecule has 5 rings (SSSR count). The maximum Gasteiger partial charge on any atom is 0.295 e. The van der Waals surface area contributed by atoms with Crippen molar-refractivity contribution in [1.82, 2.24) is 0 Å². The Balaban J connectivity index is 1.78. The molecule has 3 aromatic carbocycles. The Hall–Kier alpha value is -3.57. The minimum absolute atomic E-state index is 0.0623. The molecule has 0 saturated heterocycles. The molecular formula is C29H26ClNO4. The van der Waals surface area contributed by atoms with E-state index in [0.717, 1.165) is 28.7 Å². The van der Waals surface area contributed by atoms with Gasteiger partial charge in [0.2, 0.25) is 5.76 Å². The highest BCUT2D eigenvalue weighted by Gasteiger charge is 2.44. The number of amides is 1. The van der Waals surface area contributed by atoms with Crippen LogP contribution in [0.15, 0.2) is 63.8 Å². The number of anilines is 1. The summed E-state index contributed by atoms with van der Waals surface area (Å²) in [6.07, 6.45) is 0.872. The molecule has 35 heavy (non-hydrogen) atoms. The van der Waals surface area contributed by atoms with Gasteiger partial charge in [0.15, 0.2) is 5.43 Å². The monoisotopic (exact) mass is 487 g/mol. The van der Waals surface area contributed by atoms with Gasteiger partial charge in [0.25, 0.3) is 5.91 Å². The van der Waals surface area contributed by atoms with Gasteiger partial charge < -0.3 is 9.15 Å². The van der Waals surface area contributed by atoms with Crippen LogP contribution in [0.5, 0.6) is 5.75 Å². The predicted octanol–water partition coefficient (Wildman–Crippen LogP) is 6.91. The third-order valence-corrected chi connectivity index (χ3v) is 6.97. The molecule has 5 nitrogen and oxygen atoms in total. The van der Waals surface area contributed by atoms with Crippen LogP contribution < -0.4 is 15.1 Å². The molecule has 1 atom stereocenters. The van der Waals surface area contributed by atoms with E-state index in [1.807, 2.05) is 76.2 Å². The highest BCUT2D eigenvalue weighted by atomic mass is 35.5. The molecule has 178 valence electrons. The van der Waals surface area contributed by atoms with Crippen molar-refractivity contribution in [1.29, 1.82) is 0 Å². The lowest BCUT2D eigenvalue weighted by molar-refractivity contribution is 0.0971. The van der Waals surface area contributed by atoms with E-state index in [1.54, 1.807) is 11.0 Å². The third kappa shape index (κ3) is 3.90. The van der Waals surface area contributed by atoms with Crippen molar-refractivity contribution in [3.8, 4) is 5.75 Å². The van der Waals surface area contributed by atoms with Gasteiger partial charge in [-0.15, -0.1) is 0 Å². The van der Waals surface area contributed by atoms with Crippen LogP contribution >= 0.6 is 11.6 Å². The fraction of sp³-hybridized carbons (Fsp3) is 0.241. The second kappa shape index (κ2) is 8.90. The summed E-state index contributed by atoms with van der Waals surface area (Å²) in [5, 5.41) is 1.01. The SMILES string of the molecule is CCCOc1cccc(C2c3c(oc4cc(C)c(C)cc4c3=O)C(=O)N2c2ccc(C)c(Cl)c2)c1. The normalized spacial score (nSPS) is 15.1. The molecule has 6 heteroatoms. The van der Waals surface area contributed by atoms with Gasteiger partial charge in [0.1, 0.15) is 11.3 Å². The van der Waals surface area contributed by atoms with Crippen molar-refractivity contribution < 1.29 is 13.9 Å². The molecule has 0 N–H and O–H groups in total. The summed E-state index contributed by atoms with van der Waals surface area (Å²) in [5.74, 6) is 0.373. The lowest BCUT2D eigenvalue weighted by Crippen LogP contribution is -2.29. The van der Waals surface area contributed by atoms with Crippen LogP contribution in [0.1, 0.15) is 57.8 Å². The van der Waals surface area contributed by atoms with E-state index >= 15 is 0 Å². The lowest BCUT2D eigenvalue weighted by atomic mass is 9.97. The first-order valence-corrected chi connectivity index (χ1v) is 12.1. The van der Waals surface area contributed by atoms with Crippen molar-refractivity contribution in [2.75, 3.05) is 11.5 Å². The molecule has 4 aromatic rings. The Kier molecular flexibility index (Phi) is 5.89. The van der Waals surface area contributed by atoms with E-state index < -0.39 is 6.04 Å². The zero-order valence-electron chi connectivity index (χ0n) is 20.1. The maximum atomic E-state index is 13.9. The van der Waals surface area contributed by atoms with E-state index in [0.29, 0.717) is 39.6 Å². The van der Waals surface area contributed by atoms with Gasteiger partial charge in [-0.2, -0.15) is 0 Å². The minimum Gasteiger partial charge on any atom is -0.494 e. The predicted molar refractivity (Wildman–Crippen MR) is 139 cm³/mol. The van der Waals surface area contributed by atoms with Crippen molar-refractivity contribution in [3.63, 3.8) is 0 Å². The Labute approximate surface area is 208 Å². The summed E-state index contributed by atoms with van der Waals surface area (Å²) in [7, 11) is 0. The van der Waals surface area contributed by atoms with Gasteiger partial charge in [0, 0.05) is 10.7 Å². The van der Waals surface area contributed by atoms with Gasteiger partial charge in [-0.3, -0.25) is 14.5 Å². The topological polar surface area (TPSA) is 59.8 Å². The highest BCUT2D eigenvalue weighted by molar-refractivity contribution is 6.31. The number of carbonyl (C=O) groups excluding carboxylic acids is 1. The number of halogens is 1. The minimum atomic E-state index is -0.677. The Morgan fingerprint density at radius 3 is 2.49 bits per heavy atom. The van der Waals surface area contributed by atoms with Crippen molar-refractivity contribution in [3.05, 3.63) is 103 Å². The fourth-order valence-corrected chi connectivity index (χ4v) is 4.71. The number of nitrogens with zero attached hydrogens (tertiary/aromatic N) is 1. The van der Waals surface area contributed by atoms with Gasteiger partial charge in [-0.1, -0.05) is 36.7 Å². The number of carbonyl (C=O) groups is 1. The second-order valence-electron chi connectivity index (χ2n) is 9.04. The van der Waals surface area contributed by atoms with Crippen molar-refractivity contribution in [2.45, 2.75) is 40.2 Å². The lowest BCUT2D eigenvalue weighted by Gasteiger charge is -2.26. The summed E-state index contributed by atoms with van der Waals surface area (Å²) < 4.78 is 12.0. The quantitative estimate of drug-likeness (QED) is 0.307. The van der Waals surface area contributed by atoms with Crippen LogP contribution in [0.2, 0.25) is 5.02 Å². The molecule has 0 radical (unpaired) electrons. The Morgan fingerprint density at radius 1 is 0.971 bits per heavy atom. The van der Waals surface area contributed by atoms with Crippen LogP contribution in [0, 0.1) is 20.8 Å². The first kappa shape index (κ1) is 23.2. The van der Waals surface area contributed by atoms with Crippen molar-refractivity contribution in [2.24, 2.45) is 0 Å². The summed E-state index contributed by atoms with van der Waals surface area (Å²) >= 11 is 6.44. The number of hydrogen-bond donors (Lipinski definition) is 0. The number of benzene rings is 3. The Morgan fingerprint density at radius 2 is 1.74 bits per heavy atom. The van der Waals surface area contributed by atoms with Gasteiger partial charge in [0.05, 0.1) is 23.6 Å². The first-order chi connectivity index (χ1) is 16.8. The molecule has 2 heterocycles. The average Bonchev–Trinajstić information content (AvgIpc) is 3.13. The summed E-state index contributed by atoms with van der Waals surface area (Å²) in [6.45, 7) is 8.43. The van der Waals surface area contributed by atoms with E-state index in [9.17, 15) is 9.59 Å². The molecule has 0 spiro atoms. The van der Waals surface area contributed by atoms with Gasteiger partial charge >= 0.3 is 0 Å². The molecule has 1 aliphatic heterocycles. The average molecular weight is 488 g/mol. The summed E-state index contributed by atoms with van der Waals surface area (Å²) in [6, 6.07) is 16.0. The third-order valence-electron chi connectivity index (χ3n) is 6.57. The molecule has 1 aromatic heterocycles. The molecular weight excluding hydrogens is 462 g/mol. The van der Waals surface area contributed by atoms with Gasteiger partial charge in [-0.25, -0.2) is 0 Å². The maximum absolute atomic E-state index is 13.9. The van der Waals surface area contributed by atoms with Crippen LogP contribution in [0.4, 0.5) is 5.69 Å². The number of aryl methyl sites for hydroxylation is 3. The second-order valence-corrected chi connectivity index (χ2v) is 9.45. The molecule has 1 aliphatic rings. The van der Waals surface area contributed by atoms with E-state index in [1.165, 1.54) is 0 Å². The molecule has 0 saturated carbocycles. The Bertz CT molecular complexity index is 1540. The number of rotatable bonds is 5. The van der Waals surface area contributed by atoms with Crippen LogP contribution in [-0.2, 0) is 0 Å². The molecule has 0 bridgehead atoms. The summed E-state index contributed by atoms with van der Waals surface area (Å²) in [4.78, 5) is 29.3. The van der Waals surface area contributed by atoms with Gasteiger partial charge in [-0.05, 0) is 85.8 Å². The zero-order valence-corrected chi connectivity index (χ0v) is 20.9. The molecule has 0 aliphatic carbocycles. The van der Waals surface area contributed by atoms with Crippen molar-refractivity contribution >= 4 is 34.2 Å². The largest absolute Gasteiger partial charge is 0.494 e. The standard InChI is InChI=1S/C29H26ClNO4/c1-5-11-34-21-8-6-7-19(14-21)26-25-27(32)22-12-17(3)18(4)13-24(22)35-28(25)29(33)31(26)20-10-9-16(2)23(30)15-20/h6-10,12-15,26H,5,11H2,1-4H3. The first-order valence-electron chi connectivity index (χ1n) is 11.7. The van der Waals surface area contributed by atoms with Crippen LogP contribution in [0.3, 0.4) is 0 Å². The van der Waals surface area contributed by atoms with Crippen LogP contribution in [-0.4, -0.2) is 12.5 Å². The molecule has 0 fully saturated rings. The fourth-order valence-electron chi connectivity index (χ4n) is 4.54. The summed E-state index contributed by atoms with van der Waals surface area (Å²) in [5.41, 5.74) is 4.77. The van der Waals surface area contributed by atoms with E-state index in [4.69, 9.17) is 20.8 Å². The highest BCUT2D eigenvalue weighted by Crippen LogP contribution is 2.42. The molecule has 1 unspecified atom stereocenters. The number of hydrogen-bond acceptors (Lipinski definition) is 4. The number of fused-ring (bicyclic) bond motifs is 2. The van der Waals surface area contributed by atoms with Crippen LogP contribution in [0.25, 0.3) is 11.0 Å². The smallest absolute Gasteiger partial charge is 0.295 e.